The van der Waals surface area contributed by atoms with Gasteiger partial charge >= 0.3 is 6.18 Å². The highest BCUT2D eigenvalue weighted by Crippen LogP contribution is 2.37. The maximum absolute atomic E-state index is 12.6. The predicted octanol–water partition coefficient (Wildman–Crippen LogP) is 4.82. The molecule has 0 aliphatic heterocycles. The number of hydrogen-bond donors (Lipinski definition) is 1. The minimum Gasteiger partial charge on any atom is -0.310 e. The molecule has 0 spiro atoms. The van der Waals surface area contributed by atoms with Crippen molar-refractivity contribution in [3.05, 3.63) is 34.4 Å². The summed E-state index contributed by atoms with van der Waals surface area (Å²) in [7, 11) is 0. The topological polar surface area (TPSA) is 12.0 Å². The van der Waals surface area contributed by atoms with E-state index in [1.165, 1.54) is 22.3 Å². The van der Waals surface area contributed by atoms with Crippen LogP contribution in [-0.2, 0) is 6.54 Å². The van der Waals surface area contributed by atoms with E-state index in [0.717, 1.165) is 6.54 Å². The van der Waals surface area contributed by atoms with Crippen molar-refractivity contribution < 1.29 is 13.2 Å². The molecular formula is C17H24F3N. The first kappa shape index (κ1) is 16.3. The Morgan fingerprint density at radius 2 is 1.52 bits per heavy atom. The van der Waals surface area contributed by atoms with Crippen LogP contribution in [0.4, 0.5) is 13.2 Å². The van der Waals surface area contributed by atoms with Gasteiger partial charge in [0, 0.05) is 12.6 Å². The smallest absolute Gasteiger partial charge is 0.310 e. The maximum atomic E-state index is 12.6. The standard InChI is InChI=1S/C17H24F3N/c1-11-8-12(2)16(13(3)9-11)10-21-15-6-4-14(5-7-15)17(18,19)20/h8-9,14-15,21H,4-7,10H2,1-3H3. The highest BCUT2D eigenvalue weighted by molar-refractivity contribution is 5.37. The molecule has 118 valence electrons. The molecule has 0 atom stereocenters. The summed E-state index contributed by atoms with van der Waals surface area (Å²) in [4.78, 5) is 0. The number of alkyl halides is 3. The fourth-order valence-electron chi connectivity index (χ4n) is 3.36. The second-order valence-electron chi connectivity index (χ2n) is 6.35. The number of benzene rings is 1. The SMILES string of the molecule is Cc1cc(C)c(CNC2CCC(C(F)(F)F)CC2)c(C)c1. The van der Waals surface area contributed by atoms with Crippen LogP contribution in [0, 0.1) is 26.7 Å². The predicted molar refractivity (Wildman–Crippen MR) is 79.3 cm³/mol. The summed E-state index contributed by atoms with van der Waals surface area (Å²) in [6, 6.07) is 4.53. The summed E-state index contributed by atoms with van der Waals surface area (Å²) >= 11 is 0. The van der Waals surface area contributed by atoms with Gasteiger partial charge in [-0.05, 0) is 63.1 Å². The summed E-state index contributed by atoms with van der Waals surface area (Å²) in [6.07, 6.45) is -2.27. The number of hydrogen-bond acceptors (Lipinski definition) is 1. The van der Waals surface area contributed by atoms with Gasteiger partial charge < -0.3 is 5.32 Å². The molecule has 1 aliphatic rings. The van der Waals surface area contributed by atoms with Crippen molar-refractivity contribution in [2.75, 3.05) is 0 Å². The fourth-order valence-corrected chi connectivity index (χ4v) is 3.36. The van der Waals surface area contributed by atoms with Crippen molar-refractivity contribution in [3.63, 3.8) is 0 Å². The lowest BCUT2D eigenvalue weighted by Crippen LogP contribution is -2.36. The number of nitrogens with one attached hydrogen (secondary N) is 1. The molecule has 0 heterocycles. The quantitative estimate of drug-likeness (QED) is 0.843. The largest absolute Gasteiger partial charge is 0.391 e. The summed E-state index contributed by atoms with van der Waals surface area (Å²) in [6.45, 7) is 7.02. The first-order valence-electron chi connectivity index (χ1n) is 7.64. The molecule has 1 N–H and O–H groups in total. The molecule has 1 aliphatic carbocycles. The van der Waals surface area contributed by atoms with E-state index < -0.39 is 12.1 Å². The molecule has 2 rings (SSSR count). The van der Waals surface area contributed by atoms with Crippen LogP contribution in [-0.4, -0.2) is 12.2 Å². The van der Waals surface area contributed by atoms with Gasteiger partial charge in [-0.3, -0.25) is 0 Å². The van der Waals surface area contributed by atoms with E-state index in [1.807, 2.05) is 0 Å². The third-order valence-corrected chi connectivity index (χ3v) is 4.60. The van der Waals surface area contributed by atoms with Gasteiger partial charge in [0.2, 0.25) is 0 Å². The maximum Gasteiger partial charge on any atom is 0.391 e. The highest BCUT2D eigenvalue weighted by atomic mass is 19.4. The Bertz CT molecular complexity index is 462. The Balaban J connectivity index is 1.88. The molecule has 0 radical (unpaired) electrons. The molecule has 1 saturated carbocycles. The zero-order valence-electron chi connectivity index (χ0n) is 13.0. The molecule has 0 amide bonds. The third-order valence-electron chi connectivity index (χ3n) is 4.60. The molecular weight excluding hydrogens is 275 g/mol. The van der Waals surface area contributed by atoms with Gasteiger partial charge in [-0.25, -0.2) is 0 Å². The number of halogens is 3. The minimum atomic E-state index is -4.02. The summed E-state index contributed by atoms with van der Waals surface area (Å²) in [5.74, 6) is -1.10. The van der Waals surface area contributed by atoms with Crippen LogP contribution < -0.4 is 5.32 Å². The molecule has 1 fully saturated rings. The van der Waals surface area contributed by atoms with Gasteiger partial charge in [-0.15, -0.1) is 0 Å². The normalized spacial score (nSPS) is 23.3. The molecule has 0 unspecified atom stereocenters. The zero-order chi connectivity index (χ0) is 15.6. The van der Waals surface area contributed by atoms with Crippen LogP contribution in [0.2, 0.25) is 0 Å². The zero-order valence-corrected chi connectivity index (χ0v) is 13.0. The van der Waals surface area contributed by atoms with Crippen molar-refractivity contribution in [1.82, 2.24) is 5.32 Å². The lowest BCUT2D eigenvalue weighted by Gasteiger charge is -2.30. The van der Waals surface area contributed by atoms with Crippen molar-refractivity contribution in [3.8, 4) is 0 Å². The molecule has 1 aromatic carbocycles. The van der Waals surface area contributed by atoms with Gasteiger partial charge in [-0.2, -0.15) is 13.2 Å². The monoisotopic (exact) mass is 299 g/mol. The summed E-state index contributed by atoms with van der Waals surface area (Å²) in [5, 5.41) is 3.44. The molecule has 0 aromatic heterocycles. The molecule has 1 aromatic rings. The Labute approximate surface area is 124 Å². The van der Waals surface area contributed by atoms with Crippen molar-refractivity contribution in [1.29, 1.82) is 0 Å². The average molecular weight is 299 g/mol. The number of rotatable bonds is 3. The Morgan fingerprint density at radius 1 is 1.00 bits per heavy atom. The van der Waals surface area contributed by atoms with Gasteiger partial charge in [0.15, 0.2) is 0 Å². The van der Waals surface area contributed by atoms with Crippen LogP contribution in [0.25, 0.3) is 0 Å². The summed E-state index contributed by atoms with van der Waals surface area (Å²) < 4.78 is 37.9. The van der Waals surface area contributed by atoms with Gasteiger partial charge in [0.25, 0.3) is 0 Å². The van der Waals surface area contributed by atoms with Gasteiger partial charge in [0.05, 0.1) is 5.92 Å². The van der Waals surface area contributed by atoms with E-state index in [9.17, 15) is 13.2 Å². The first-order valence-corrected chi connectivity index (χ1v) is 7.64. The second kappa shape index (κ2) is 6.39. The highest BCUT2D eigenvalue weighted by Gasteiger charge is 2.41. The van der Waals surface area contributed by atoms with Crippen LogP contribution in [0.3, 0.4) is 0 Å². The molecule has 0 saturated heterocycles. The van der Waals surface area contributed by atoms with Crippen LogP contribution in [0.5, 0.6) is 0 Å². The van der Waals surface area contributed by atoms with E-state index in [2.05, 4.69) is 38.2 Å². The first-order chi connectivity index (χ1) is 9.77. The van der Waals surface area contributed by atoms with E-state index >= 15 is 0 Å². The van der Waals surface area contributed by atoms with Gasteiger partial charge in [-0.1, -0.05) is 17.7 Å². The van der Waals surface area contributed by atoms with Crippen LogP contribution >= 0.6 is 0 Å². The van der Waals surface area contributed by atoms with Crippen molar-refractivity contribution in [2.24, 2.45) is 5.92 Å². The molecule has 1 nitrogen and oxygen atoms in total. The van der Waals surface area contributed by atoms with Crippen molar-refractivity contribution in [2.45, 2.75) is 65.2 Å². The lowest BCUT2D eigenvalue weighted by molar-refractivity contribution is -0.182. The Morgan fingerprint density at radius 3 is 2.00 bits per heavy atom. The van der Waals surface area contributed by atoms with Crippen LogP contribution in [0.1, 0.15) is 47.9 Å². The van der Waals surface area contributed by atoms with Crippen molar-refractivity contribution >= 4 is 0 Å². The second-order valence-corrected chi connectivity index (χ2v) is 6.35. The number of aryl methyl sites for hydroxylation is 3. The average Bonchev–Trinajstić information content (AvgIpc) is 2.37. The Kier molecular flexibility index (Phi) is 4.97. The van der Waals surface area contributed by atoms with E-state index in [4.69, 9.17) is 0 Å². The Hall–Kier alpha value is -1.03. The molecule has 0 bridgehead atoms. The lowest BCUT2D eigenvalue weighted by atomic mass is 9.85. The van der Waals surface area contributed by atoms with E-state index in [1.54, 1.807) is 0 Å². The third kappa shape index (κ3) is 4.22. The molecule has 21 heavy (non-hydrogen) atoms. The van der Waals surface area contributed by atoms with Gasteiger partial charge in [0.1, 0.15) is 0 Å². The van der Waals surface area contributed by atoms with Crippen LogP contribution in [0.15, 0.2) is 12.1 Å². The molecule has 4 heteroatoms. The fraction of sp³-hybridized carbons (Fsp3) is 0.647. The van der Waals surface area contributed by atoms with E-state index in [0.29, 0.717) is 12.8 Å². The van der Waals surface area contributed by atoms with E-state index in [-0.39, 0.29) is 18.9 Å². The minimum absolute atomic E-state index is 0.212. The summed E-state index contributed by atoms with van der Waals surface area (Å²) in [5.41, 5.74) is 5.03.